The lowest BCUT2D eigenvalue weighted by atomic mass is 10.1. The average Bonchev–Trinajstić information content (AvgIpc) is 2.45. The first-order valence-corrected chi connectivity index (χ1v) is 7.49. The Balaban J connectivity index is 2.33. The molecule has 3 rings (SSSR count). The highest BCUT2D eigenvalue weighted by molar-refractivity contribution is 9.11. The van der Waals surface area contributed by atoms with Crippen molar-refractivity contribution in [2.24, 2.45) is 0 Å². The predicted molar refractivity (Wildman–Crippen MR) is 87.3 cm³/mol. The molecular weight excluding hydrogens is 384 g/mol. The summed E-state index contributed by atoms with van der Waals surface area (Å²) in [5.74, 6) is 1.01. The summed E-state index contributed by atoms with van der Waals surface area (Å²) >= 11 is 6.91. The molecule has 20 heavy (non-hydrogen) atoms. The topological polar surface area (TPSA) is 64.7 Å². The fraction of sp³-hybridized carbons (Fsp3) is 0.0714. The number of nitrogen functional groups attached to an aromatic ring is 1. The van der Waals surface area contributed by atoms with E-state index in [0.717, 1.165) is 31.1 Å². The molecule has 0 bridgehead atoms. The maximum Gasteiger partial charge on any atom is 0.164 e. The van der Waals surface area contributed by atoms with E-state index in [0.29, 0.717) is 11.6 Å². The second kappa shape index (κ2) is 5.10. The van der Waals surface area contributed by atoms with E-state index in [-0.39, 0.29) is 0 Å². The first-order chi connectivity index (χ1) is 9.58. The van der Waals surface area contributed by atoms with Gasteiger partial charge in [0.15, 0.2) is 5.82 Å². The summed E-state index contributed by atoms with van der Waals surface area (Å²) in [6, 6.07) is 7.82. The fourth-order valence-electron chi connectivity index (χ4n) is 2.02. The van der Waals surface area contributed by atoms with E-state index in [4.69, 9.17) is 5.73 Å². The maximum absolute atomic E-state index is 5.91. The highest BCUT2D eigenvalue weighted by atomic mass is 79.9. The third-order valence-corrected chi connectivity index (χ3v) is 4.67. The van der Waals surface area contributed by atoms with E-state index in [1.807, 2.05) is 31.2 Å². The highest BCUT2D eigenvalue weighted by Crippen LogP contribution is 2.32. The van der Waals surface area contributed by atoms with Crippen molar-refractivity contribution in [2.45, 2.75) is 6.92 Å². The maximum atomic E-state index is 5.91. The van der Waals surface area contributed by atoms with Gasteiger partial charge in [0.1, 0.15) is 5.82 Å². The number of anilines is 1. The molecule has 2 heterocycles. The second-order valence-electron chi connectivity index (χ2n) is 4.33. The normalized spacial score (nSPS) is 10.9. The number of hydrogen-bond donors (Lipinski definition) is 1. The van der Waals surface area contributed by atoms with Crippen molar-refractivity contribution in [2.75, 3.05) is 5.73 Å². The molecule has 0 saturated carbocycles. The fourth-order valence-corrected chi connectivity index (χ4v) is 2.65. The molecule has 0 atom stereocenters. The minimum absolute atomic E-state index is 0.430. The van der Waals surface area contributed by atoms with E-state index < -0.39 is 0 Å². The summed E-state index contributed by atoms with van der Waals surface area (Å²) in [5.41, 5.74) is 8.43. The number of aryl methyl sites for hydroxylation is 1. The van der Waals surface area contributed by atoms with E-state index in [1.165, 1.54) is 0 Å². The van der Waals surface area contributed by atoms with Crippen molar-refractivity contribution in [3.8, 4) is 11.4 Å². The summed E-state index contributed by atoms with van der Waals surface area (Å²) in [5, 5.41) is 1.02. The van der Waals surface area contributed by atoms with Gasteiger partial charge in [-0.15, -0.1) is 0 Å². The Bertz CT molecular complexity index is 794. The van der Waals surface area contributed by atoms with Gasteiger partial charge in [0.2, 0.25) is 0 Å². The van der Waals surface area contributed by atoms with Crippen molar-refractivity contribution in [1.82, 2.24) is 15.0 Å². The zero-order valence-electron chi connectivity index (χ0n) is 10.6. The summed E-state index contributed by atoms with van der Waals surface area (Å²) < 4.78 is 1.72. The molecule has 0 amide bonds. The van der Waals surface area contributed by atoms with Crippen LogP contribution in [0.15, 0.2) is 39.4 Å². The van der Waals surface area contributed by atoms with Gasteiger partial charge in [0.05, 0.1) is 15.7 Å². The minimum Gasteiger partial charge on any atom is -0.383 e. The SMILES string of the molecule is Cc1nc(-c2ccc(Br)c3cccnc23)nc(N)c1Br. The van der Waals surface area contributed by atoms with Crippen LogP contribution in [-0.4, -0.2) is 15.0 Å². The molecule has 0 spiro atoms. The van der Waals surface area contributed by atoms with E-state index in [2.05, 4.69) is 46.8 Å². The number of rotatable bonds is 1. The quantitative estimate of drug-likeness (QED) is 0.675. The number of nitrogens with zero attached hydrogens (tertiary/aromatic N) is 3. The Hall–Kier alpha value is -1.53. The van der Waals surface area contributed by atoms with Crippen LogP contribution in [0.4, 0.5) is 5.82 Å². The van der Waals surface area contributed by atoms with Crippen LogP contribution in [0.1, 0.15) is 5.69 Å². The molecule has 2 aromatic heterocycles. The summed E-state index contributed by atoms with van der Waals surface area (Å²) in [4.78, 5) is 13.3. The number of hydrogen-bond acceptors (Lipinski definition) is 4. The molecule has 4 nitrogen and oxygen atoms in total. The van der Waals surface area contributed by atoms with E-state index in [9.17, 15) is 0 Å². The molecule has 0 radical (unpaired) electrons. The second-order valence-corrected chi connectivity index (χ2v) is 5.97. The first-order valence-electron chi connectivity index (χ1n) is 5.91. The Kier molecular flexibility index (Phi) is 3.43. The van der Waals surface area contributed by atoms with Crippen molar-refractivity contribution in [3.63, 3.8) is 0 Å². The molecule has 0 saturated heterocycles. The lowest BCUT2D eigenvalue weighted by Gasteiger charge is -2.09. The lowest BCUT2D eigenvalue weighted by Crippen LogP contribution is -2.00. The Morgan fingerprint density at radius 1 is 1.10 bits per heavy atom. The van der Waals surface area contributed by atoms with Gasteiger partial charge in [-0.2, -0.15) is 0 Å². The molecule has 0 aliphatic heterocycles. The van der Waals surface area contributed by atoms with Crippen molar-refractivity contribution in [1.29, 1.82) is 0 Å². The van der Waals surface area contributed by atoms with Crippen LogP contribution in [-0.2, 0) is 0 Å². The number of nitrogens with two attached hydrogens (primary N) is 1. The molecule has 6 heteroatoms. The number of aromatic nitrogens is 3. The van der Waals surface area contributed by atoms with Gasteiger partial charge in [-0.1, -0.05) is 22.0 Å². The largest absolute Gasteiger partial charge is 0.383 e. The number of fused-ring (bicyclic) bond motifs is 1. The molecule has 100 valence electrons. The molecule has 0 unspecified atom stereocenters. The molecule has 2 N–H and O–H groups in total. The average molecular weight is 394 g/mol. The van der Waals surface area contributed by atoms with Crippen LogP contribution in [0, 0.1) is 6.92 Å². The zero-order valence-corrected chi connectivity index (χ0v) is 13.7. The van der Waals surface area contributed by atoms with Gasteiger partial charge < -0.3 is 5.73 Å². The Morgan fingerprint density at radius 2 is 1.90 bits per heavy atom. The van der Waals surface area contributed by atoms with Crippen LogP contribution < -0.4 is 5.73 Å². The Labute approximate surface area is 132 Å². The summed E-state index contributed by atoms with van der Waals surface area (Å²) in [6.45, 7) is 1.89. The molecule has 0 aliphatic carbocycles. The number of halogens is 2. The van der Waals surface area contributed by atoms with Gasteiger partial charge in [-0.3, -0.25) is 4.98 Å². The van der Waals surface area contributed by atoms with Gasteiger partial charge in [0, 0.05) is 21.6 Å². The van der Waals surface area contributed by atoms with Crippen LogP contribution in [0.3, 0.4) is 0 Å². The predicted octanol–water partition coefficient (Wildman–Crippen LogP) is 4.11. The smallest absolute Gasteiger partial charge is 0.164 e. The third kappa shape index (κ3) is 2.19. The van der Waals surface area contributed by atoms with Crippen LogP contribution in [0.5, 0.6) is 0 Å². The molecular formula is C14H10Br2N4. The molecule has 0 fully saturated rings. The van der Waals surface area contributed by atoms with E-state index in [1.54, 1.807) is 6.20 Å². The van der Waals surface area contributed by atoms with Crippen molar-refractivity contribution in [3.05, 3.63) is 45.1 Å². The minimum atomic E-state index is 0.430. The van der Waals surface area contributed by atoms with Crippen molar-refractivity contribution >= 4 is 48.6 Å². The van der Waals surface area contributed by atoms with Gasteiger partial charge in [-0.25, -0.2) is 9.97 Å². The molecule has 0 aliphatic rings. The lowest BCUT2D eigenvalue weighted by molar-refractivity contribution is 1.10. The van der Waals surface area contributed by atoms with Gasteiger partial charge in [0.25, 0.3) is 0 Å². The molecule has 3 aromatic rings. The van der Waals surface area contributed by atoms with Crippen molar-refractivity contribution < 1.29 is 0 Å². The van der Waals surface area contributed by atoms with Crippen LogP contribution in [0.2, 0.25) is 0 Å². The number of benzene rings is 1. The zero-order chi connectivity index (χ0) is 14.3. The van der Waals surface area contributed by atoms with Crippen LogP contribution >= 0.6 is 31.9 Å². The third-order valence-electron chi connectivity index (χ3n) is 3.00. The first kappa shape index (κ1) is 13.5. The Morgan fingerprint density at radius 3 is 2.65 bits per heavy atom. The van der Waals surface area contributed by atoms with Gasteiger partial charge >= 0.3 is 0 Å². The highest BCUT2D eigenvalue weighted by Gasteiger charge is 2.13. The monoisotopic (exact) mass is 392 g/mol. The van der Waals surface area contributed by atoms with Crippen LogP contribution in [0.25, 0.3) is 22.3 Å². The number of pyridine rings is 1. The summed E-state index contributed by atoms with van der Waals surface area (Å²) in [6.07, 6.45) is 1.76. The van der Waals surface area contributed by atoms with Gasteiger partial charge in [-0.05, 0) is 41.1 Å². The van der Waals surface area contributed by atoms with E-state index >= 15 is 0 Å². The molecule has 1 aromatic carbocycles. The summed E-state index contributed by atoms with van der Waals surface area (Å²) in [7, 11) is 0. The standard InChI is InChI=1S/C14H10Br2N4/c1-7-11(16)13(17)20-14(19-7)9-4-5-10(15)8-3-2-6-18-12(8)9/h2-6H,1H3,(H2,17,19,20).